The molecular weight excluding hydrogens is 248 g/mol. The lowest BCUT2D eigenvalue weighted by Crippen LogP contribution is -2.14. The van der Waals surface area contributed by atoms with Crippen molar-refractivity contribution in [2.24, 2.45) is 5.92 Å². The number of aliphatic carboxylic acids is 1. The third-order valence-electron chi connectivity index (χ3n) is 3.50. The van der Waals surface area contributed by atoms with Crippen LogP contribution in [-0.4, -0.2) is 11.1 Å². The lowest BCUT2D eigenvalue weighted by molar-refractivity contribution is -0.131. The molecule has 0 aliphatic heterocycles. The first-order valence-electron chi connectivity index (χ1n) is 6.33. The molecule has 1 N–H and O–H groups in total. The molecule has 1 fully saturated rings. The summed E-state index contributed by atoms with van der Waals surface area (Å²) in [6, 6.07) is 7.82. The molecule has 1 saturated carbocycles. The molecule has 0 heterocycles. The largest absolute Gasteiger partial charge is 0.478 e. The van der Waals surface area contributed by atoms with Crippen LogP contribution < -0.4 is 0 Å². The van der Waals surface area contributed by atoms with Gasteiger partial charge in [0.2, 0.25) is 0 Å². The Morgan fingerprint density at radius 2 is 2.06 bits per heavy atom. The summed E-state index contributed by atoms with van der Waals surface area (Å²) in [6.07, 6.45) is 6.62. The summed E-state index contributed by atoms with van der Waals surface area (Å²) in [5.41, 5.74) is 2.31. The molecule has 3 heteroatoms. The van der Waals surface area contributed by atoms with Gasteiger partial charge in [0, 0.05) is 11.1 Å². The van der Waals surface area contributed by atoms with Crippen molar-refractivity contribution in [1.29, 1.82) is 0 Å². The molecule has 0 saturated heterocycles. The molecule has 96 valence electrons. The summed E-state index contributed by atoms with van der Waals surface area (Å²) in [6.45, 7) is 0. The number of carboxylic acid groups (broad SMARTS) is 1. The van der Waals surface area contributed by atoms with Crippen LogP contribution in [0.25, 0.3) is 0 Å². The summed E-state index contributed by atoms with van der Waals surface area (Å²) in [7, 11) is 0. The molecule has 1 aliphatic carbocycles. The highest BCUT2D eigenvalue weighted by atomic mass is 35.5. The van der Waals surface area contributed by atoms with E-state index in [0.29, 0.717) is 5.92 Å². The van der Waals surface area contributed by atoms with Gasteiger partial charge >= 0.3 is 5.97 Å². The van der Waals surface area contributed by atoms with Gasteiger partial charge in [-0.1, -0.05) is 35.7 Å². The van der Waals surface area contributed by atoms with Crippen LogP contribution in [0.15, 0.2) is 35.9 Å². The second-order valence-corrected chi connectivity index (χ2v) is 5.27. The number of carboxylic acids is 1. The van der Waals surface area contributed by atoms with E-state index in [0.717, 1.165) is 36.3 Å². The lowest BCUT2D eigenvalue weighted by Gasteiger charge is -2.25. The predicted molar refractivity (Wildman–Crippen MR) is 72.8 cm³/mol. The first-order chi connectivity index (χ1) is 8.65. The lowest BCUT2D eigenvalue weighted by atomic mass is 9.80. The minimum absolute atomic E-state index is 0.371. The van der Waals surface area contributed by atoms with E-state index in [1.165, 1.54) is 18.1 Å². The highest BCUT2D eigenvalue weighted by Gasteiger charge is 2.20. The van der Waals surface area contributed by atoms with E-state index >= 15 is 0 Å². The number of benzene rings is 1. The van der Waals surface area contributed by atoms with Crippen molar-refractivity contribution >= 4 is 17.6 Å². The Morgan fingerprint density at radius 3 is 2.72 bits per heavy atom. The maximum absolute atomic E-state index is 10.8. The molecule has 0 amide bonds. The SMILES string of the molecule is O=C(O)/C=C1\CCCC[C@H]1Cc1ccc(Cl)cc1. The molecule has 2 rings (SSSR count). The van der Waals surface area contributed by atoms with Crippen LogP contribution in [-0.2, 0) is 11.2 Å². The maximum Gasteiger partial charge on any atom is 0.328 e. The zero-order chi connectivity index (χ0) is 13.0. The molecule has 0 aromatic heterocycles. The number of carbonyl (C=O) groups is 1. The summed E-state index contributed by atoms with van der Waals surface area (Å²) in [5.74, 6) is -0.455. The number of hydrogen-bond acceptors (Lipinski definition) is 1. The molecule has 0 bridgehead atoms. The smallest absolute Gasteiger partial charge is 0.328 e. The third-order valence-corrected chi connectivity index (χ3v) is 3.75. The monoisotopic (exact) mass is 264 g/mol. The van der Waals surface area contributed by atoms with Crippen LogP contribution in [0, 0.1) is 5.92 Å². The molecule has 1 aromatic rings. The minimum Gasteiger partial charge on any atom is -0.478 e. The maximum atomic E-state index is 10.8. The van der Waals surface area contributed by atoms with E-state index in [-0.39, 0.29) is 0 Å². The molecular formula is C15H17ClO2. The van der Waals surface area contributed by atoms with Gasteiger partial charge in [-0.25, -0.2) is 4.79 Å². The van der Waals surface area contributed by atoms with E-state index in [4.69, 9.17) is 16.7 Å². The Bertz CT molecular complexity index is 448. The van der Waals surface area contributed by atoms with Gasteiger partial charge in [-0.3, -0.25) is 0 Å². The summed E-state index contributed by atoms with van der Waals surface area (Å²) >= 11 is 5.86. The van der Waals surface area contributed by atoms with Crippen LogP contribution >= 0.6 is 11.6 Å². The molecule has 0 spiro atoms. The van der Waals surface area contributed by atoms with Crippen LogP contribution in [0.5, 0.6) is 0 Å². The van der Waals surface area contributed by atoms with Gasteiger partial charge in [0.15, 0.2) is 0 Å². The van der Waals surface area contributed by atoms with E-state index < -0.39 is 5.97 Å². The van der Waals surface area contributed by atoms with E-state index in [2.05, 4.69) is 0 Å². The Balaban J connectivity index is 2.10. The van der Waals surface area contributed by atoms with Gasteiger partial charge in [0.25, 0.3) is 0 Å². The fraction of sp³-hybridized carbons (Fsp3) is 0.400. The average Bonchev–Trinajstić information content (AvgIpc) is 2.34. The number of allylic oxidation sites excluding steroid dienone is 1. The van der Waals surface area contributed by atoms with Crippen molar-refractivity contribution in [3.63, 3.8) is 0 Å². The second-order valence-electron chi connectivity index (χ2n) is 4.83. The quantitative estimate of drug-likeness (QED) is 0.835. The minimum atomic E-state index is -0.826. The topological polar surface area (TPSA) is 37.3 Å². The molecule has 2 nitrogen and oxygen atoms in total. The van der Waals surface area contributed by atoms with Crippen molar-refractivity contribution < 1.29 is 9.90 Å². The van der Waals surface area contributed by atoms with E-state index in [1.54, 1.807) is 0 Å². The van der Waals surface area contributed by atoms with Gasteiger partial charge in [0.1, 0.15) is 0 Å². The van der Waals surface area contributed by atoms with E-state index in [9.17, 15) is 4.79 Å². The summed E-state index contributed by atoms with van der Waals surface area (Å²) < 4.78 is 0. The first kappa shape index (κ1) is 13.2. The highest BCUT2D eigenvalue weighted by Crippen LogP contribution is 2.32. The van der Waals surface area contributed by atoms with Crippen LogP contribution in [0.3, 0.4) is 0 Å². The fourth-order valence-electron chi connectivity index (χ4n) is 2.60. The summed E-state index contributed by atoms with van der Waals surface area (Å²) in [5, 5.41) is 9.63. The Labute approximate surface area is 112 Å². The number of rotatable bonds is 3. The standard InChI is InChI=1S/C15H17ClO2/c16-14-7-5-11(6-8-14)9-12-3-1-2-4-13(12)10-15(17)18/h5-8,10,12H,1-4,9H2,(H,17,18)/b13-10+/t12-/m0/s1. The normalized spacial score (nSPS) is 22.1. The predicted octanol–water partition coefficient (Wildman–Crippen LogP) is 4.08. The van der Waals surface area contributed by atoms with Gasteiger partial charge in [-0.05, 0) is 49.3 Å². The molecule has 1 aliphatic rings. The third kappa shape index (κ3) is 3.61. The Kier molecular flexibility index (Phi) is 4.43. The average molecular weight is 265 g/mol. The molecule has 0 unspecified atom stereocenters. The van der Waals surface area contributed by atoms with Crippen LogP contribution in [0.1, 0.15) is 31.2 Å². The zero-order valence-corrected chi connectivity index (χ0v) is 11.0. The van der Waals surface area contributed by atoms with Crippen molar-refractivity contribution in [1.82, 2.24) is 0 Å². The molecule has 1 aromatic carbocycles. The Morgan fingerprint density at radius 1 is 1.33 bits per heavy atom. The molecule has 18 heavy (non-hydrogen) atoms. The number of halogens is 1. The zero-order valence-electron chi connectivity index (χ0n) is 10.2. The first-order valence-corrected chi connectivity index (χ1v) is 6.71. The highest BCUT2D eigenvalue weighted by molar-refractivity contribution is 6.30. The Hall–Kier alpha value is -1.28. The van der Waals surface area contributed by atoms with Gasteiger partial charge in [-0.15, -0.1) is 0 Å². The van der Waals surface area contributed by atoms with Gasteiger partial charge in [-0.2, -0.15) is 0 Å². The molecule has 0 radical (unpaired) electrons. The van der Waals surface area contributed by atoms with Crippen LogP contribution in [0.2, 0.25) is 5.02 Å². The van der Waals surface area contributed by atoms with Crippen LogP contribution in [0.4, 0.5) is 0 Å². The van der Waals surface area contributed by atoms with Crippen molar-refractivity contribution in [3.05, 3.63) is 46.5 Å². The van der Waals surface area contributed by atoms with E-state index in [1.807, 2.05) is 24.3 Å². The van der Waals surface area contributed by atoms with Gasteiger partial charge < -0.3 is 5.11 Å². The second kappa shape index (κ2) is 6.05. The molecule has 1 atom stereocenters. The van der Waals surface area contributed by atoms with Crippen molar-refractivity contribution in [2.45, 2.75) is 32.1 Å². The fourth-order valence-corrected chi connectivity index (χ4v) is 2.72. The summed E-state index contributed by atoms with van der Waals surface area (Å²) in [4.78, 5) is 10.8. The van der Waals surface area contributed by atoms with Gasteiger partial charge in [0.05, 0.1) is 0 Å². The van der Waals surface area contributed by atoms with Crippen molar-refractivity contribution in [3.8, 4) is 0 Å². The van der Waals surface area contributed by atoms with Crippen molar-refractivity contribution in [2.75, 3.05) is 0 Å². The number of hydrogen-bond donors (Lipinski definition) is 1.